The topological polar surface area (TPSA) is 12.5 Å². The molecular weight excluding hydrogens is 331 g/mol. The summed E-state index contributed by atoms with van der Waals surface area (Å²) in [6.45, 7) is -0.258. The van der Waals surface area contributed by atoms with E-state index in [0.29, 0.717) is 0 Å². The van der Waals surface area contributed by atoms with Gasteiger partial charge in [0.15, 0.2) is 12.1 Å². The summed E-state index contributed by atoms with van der Waals surface area (Å²) in [5.41, 5.74) is 0. The zero-order valence-electron chi connectivity index (χ0n) is 11.3. The Morgan fingerprint density at radius 1 is 0.818 bits per heavy atom. The highest BCUT2D eigenvalue weighted by Crippen LogP contribution is 2.42. The van der Waals surface area contributed by atoms with Gasteiger partial charge >= 0.3 is 18.3 Å². The fraction of sp³-hybridized carbons (Fsp3) is 1.00. The zero-order chi connectivity index (χ0) is 17.2. The highest BCUT2D eigenvalue weighted by atomic mass is 19.4. The smallest absolute Gasteiger partial charge is 0.366 e. The number of hydrogen-bond donors (Lipinski definition) is 0. The maximum atomic E-state index is 13.2. The molecule has 0 saturated carbocycles. The molecule has 2 unspecified atom stereocenters. The van der Waals surface area contributed by atoms with Gasteiger partial charge < -0.3 is 4.74 Å². The lowest BCUT2D eigenvalue weighted by atomic mass is 9.98. The third kappa shape index (κ3) is 5.51. The molecule has 1 nitrogen and oxygen atoms in total. The molecule has 10 heteroatoms. The van der Waals surface area contributed by atoms with Gasteiger partial charge in [0.05, 0.1) is 6.61 Å². The molecule has 0 aromatic heterocycles. The minimum atomic E-state index is -5.41. The van der Waals surface area contributed by atoms with Crippen LogP contribution in [0.1, 0.15) is 32.1 Å². The summed E-state index contributed by atoms with van der Waals surface area (Å²) >= 11 is 0. The fourth-order valence-electron chi connectivity index (χ4n) is 2.03. The average molecular weight is 346 g/mol. The average Bonchev–Trinajstić information content (AvgIpc) is 3.13. The summed E-state index contributed by atoms with van der Waals surface area (Å²) in [4.78, 5) is 0. The van der Waals surface area contributed by atoms with E-state index in [0.717, 1.165) is 0 Å². The molecule has 0 amide bonds. The van der Waals surface area contributed by atoms with Crippen molar-refractivity contribution in [3.05, 3.63) is 0 Å². The highest BCUT2D eigenvalue weighted by Gasteiger charge is 2.56. The Hall–Kier alpha value is -0.670. The maximum Gasteiger partial charge on any atom is 0.400 e. The summed E-state index contributed by atoms with van der Waals surface area (Å²) in [5.74, 6) is -7.11. The van der Waals surface area contributed by atoms with Gasteiger partial charge in [0, 0.05) is 0 Å². The SMILES string of the molecule is FC(CCCCCC(C(F)(F)F)C(F)(F)F)C(F)(F)C1CO1. The van der Waals surface area contributed by atoms with Crippen molar-refractivity contribution in [3.63, 3.8) is 0 Å². The first-order valence-electron chi connectivity index (χ1n) is 6.63. The van der Waals surface area contributed by atoms with Gasteiger partial charge in [0.25, 0.3) is 0 Å². The number of hydrogen-bond acceptors (Lipinski definition) is 1. The van der Waals surface area contributed by atoms with Crippen molar-refractivity contribution < 1.29 is 44.3 Å². The zero-order valence-corrected chi connectivity index (χ0v) is 11.3. The summed E-state index contributed by atoms with van der Waals surface area (Å²) in [6.07, 6.45) is -17.5. The van der Waals surface area contributed by atoms with Gasteiger partial charge in [-0.1, -0.05) is 19.3 Å². The van der Waals surface area contributed by atoms with Crippen molar-refractivity contribution in [1.29, 1.82) is 0 Å². The predicted octanol–water partition coefficient (Wildman–Crippen LogP) is 5.05. The molecule has 0 aromatic rings. The Labute approximate surface area is 120 Å². The molecule has 1 aliphatic rings. The standard InChI is InChI=1S/C12H15F9O/c13-8(10(14,15)9-6-22-9)5-3-1-2-4-7(11(16,17)18)12(19,20)21/h7-9H,1-6H2. The van der Waals surface area contributed by atoms with Crippen molar-refractivity contribution in [2.75, 3.05) is 6.61 Å². The molecule has 1 heterocycles. The number of halogens is 9. The van der Waals surface area contributed by atoms with Gasteiger partial charge in [0.2, 0.25) is 0 Å². The fourth-order valence-corrected chi connectivity index (χ4v) is 2.03. The highest BCUT2D eigenvalue weighted by molar-refractivity contribution is 4.92. The second-order valence-electron chi connectivity index (χ2n) is 5.24. The minimum absolute atomic E-state index is 0.190. The van der Waals surface area contributed by atoms with Crippen molar-refractivity contribution in [3.8, 4) is 0 Å². The third-order valence-corrected chi connectivity index (χ3v) is 3.42. The van der Waals surface area contributed by atoms with E-state index in [1.54, 1.807) is 0 Å². The lowest BCUT2D eigenvalue weighted by Crippen LogP contribution is -2.36. The first-order chi connectivity index (χ1) is 9.87. The second-order valence-corrected chi connectivity index (χ2v) is 5.24. The third-order valence-electron chi connectivity index (χ3n) is 3.42. The first-order valence-corrected chi connectivity index (χ1v) is 6.63. The lowest BCUT2D eigenvalue weighted by Gasteiger charge is -2.23. The molecular formula is C12H15F9O. The van der Waals surface area contributed by atoms with Crippen LogP contribution in [0.2, 0.25) is 0 Å². The van der Waals surface area contributed by atoms with Crippen molar-refractivity contribution >= 4 is 0 Å². The van der Waals surface area contributed by atoms with E-state index in [4.69, 9.17) is 0 Å². The molecule has 0 aromatic carbocycles. The molecule has 132 valence electrons. The van der Waals surface area contributed by atoms with Crippen LogP contribution in [0.3, 0.4) is 0 Å². The van der Waals surface area contributed by atoms with Crippen LogP contribution in [-0.2, 0) is 4.74 Å². The molecule has 2 atom stereocenters. The Morgan fingerprint density at radius 3 is 1.68 bits per heavy atom. The van der Waals surface area contributed by atoms with Crippen LogP contribution in [0.4, 0.5) is 39.5 Å². The molecule has 0 bridgehead atoms. The number of ether oxygens (including phenoxy) is 1. The van der Waals surface area contributed by atoms with Gasteiger partial charge in [-0.15, -0.1) is 0 Å². The normalized spacial score (nSPS) is 21.3. The predicted molar refractivity (Wildman–Crippen MR) is 58.3 cm³/mol. The van der Waals surface area contributed by atoms with Gasteiger partial charge in [0.1, 0.15) is 6.10 Å². The van der Waals surface area contributed by atoms with Crippen LogP contribution in [0.25, 0.3) is 0 Å². The van der Waals surface area contributed by atoms with Gasteiger partial charge in [-0.3, -0.25) is 0 Å². The number of alkyl halides is 9. The second kappa shape index (κ2) is 6.84. The molecule has 1 saturated heterocycles. The number of rotatable bonds is 8. The van der Waals surface area contributed by atoms with Crippen molar-refractivity contribution in [2.45, 2.75) is 62.7 Å². The van der Waals surface area contributed by atoms with E-state index in [1.807, 2.05) is 0 Å². The van der Waals surface area contributed by atoms with Crippen LogP contribution in [0, 0.1) is 5.92 Å². The van der Waals surface area contributed by atoms with Gasteiger partial charge in [-0.05, 0) is 12.8 Å². The molecule has 1 aliphatic heterocycles. The van der Waals surface area contributed by atoms with E-state index in [2.05, 4.69) is 4.74 Å². The Morgan fingerprint density at radius 2 is 1.27 bits per heavy atom. The first kappa shape index (κ1) is 19.4. The molecule has 0 N–H and O–H groups in total. The van der Waals surface area contributed by atoms with E-state index >= 15 is 0 Å². The van der Waals surface area contributed by atoms with Crippen molar-refractivity contribution in [2.24, 2.45) is 5.92 Å². The van der Waals surface area contributed by atoms with Crippen molar-refractivity contribution in [1.82, 2.24) is 0 Å². The van der Waals surface area contributed by atoms with E-state index < -0.39 is 55.7 Å². The minimum Gasteiger partial charge on any atom is -0.366 e. The Bertz CT molecular complexity index is 331. The van der Waals surface area contributed by atoms with E-state index in [9.17, 15) is 39.5 Å². The number of unbranched alkanes of at least 4 members (excludes halogenated alkanes) is 2. The maximum absolute atomic E-state index is 13.2. The summed E-state index contributed by atoms with van der Waals surface area (Å²) in [5, 5.41) is 0. The Balaban J connectivity index is 2.29. The van der Waals surface area contributed by atoms with Crippen LogP contribution in [0.5, 0.6) is 0 Å². The molecule has 22 heavy (non-hydrogen) atoms. The quantitative estimate of drug-likeness (QED) is 0.340. The largest absolute Gasteiger partial charge is 0.400 e. The molecule has 0 radical (unpaired) electrons. The summed E-state index contributed by atoms with van der Waals surface area (Å²) in [6, 6.07) is 0. The van der Waals surface area contributed by atoms with Crippen LogP contribution < -0.4 is 0 Å². The summed E-state index contributed by atoms with van der Waals surface area (Å²) < 4.78 is 117. The van der Waals surface area contributed by atoms with Gasteiger partial charge in [-0.25, -0.2) is 13.2 Å². The molecule has 0 aliphatic carbocycles. The van der Waals surface area contributed by atoms with E-state index in [1.165, 1.54) is 0 Å². The van der Waals surface area contributed by atoms with E-state index in [-0.39, 0.29) is 19.4 Å². The summed E-state index contributed by atoms with van der Waals surface area (Å²) in [7, 11) is 0. The van der Waals surface area contributed by atoms with Gasteiger partial charge in [-0.2, -0.15) is 26.3 Å². The van der Waals surface area contributed by atoms with Crippen LogP contribution in [-0.4, -0.2) is 37.2 Å². The molecule has 1 fully saturated rings. The van der Waals surface area contributed by atoms with Crippen LogP contribution >= 0.6 is 0 Å². The monoisotopic (exact) mass is 346 g/mol. The molecule has 0 spiro atoms. The lowest BCUT2D eigenvalue weighted by molar-refractivity contribution is -0.285. The number of epoxide rings is 1. The van der Waals surface area contributed by atoms with Crippen LogP contribution in [0.15, 0.2) is 0 Å². The Kier molecular flexibility index (Phi) is 6.02. The molecule has 1 rings (SSSR count).